The van der Waals surface area contributed by atoms with Crippen molar-refractivity contribution in [2.45, 2.75) is 32.9 Å². The maximum atomic E-state index is 12.2. The highest BCUT2D eigenvalue weighted by molar-refractivity contribution is 6.33. The van der Waals surface area contributed by atoms with E-state index >= 15 is 0 Å². The lowest BCUT2D eigenvalue weighted by molar-refractivity contribution is -0.109. The van der Waals surface area contributed by atoms with Crippen LogP contribution < -0.4 is 0 Å². The Hall–Kier alpha value is -2.33. The van der Waals surface area contributed by atoms with E-state index in [4.69, 9.17) is 16.3 Å². The molecule has 0 bridgehead atoms. The summed E-state index contributed by atoms with van der Waals surface area (Å²) in [5.74, 6) is 0. The number of carbonyl (C=O) groups is 2. The third-order valence-electron chi connectivity index (χ3n) is 3.44. The van der Waals surface area contributed by atoms with Gasteiger partial charge in [0.05, 0.1) is 6.54 Å². The van der Waals surface area contributed by atoms with Crippen LogP contribution in [0.2, 0.25) is 5.02 Å². The summed E-state index contributed by atoms with van der Waals surface area (Å²) in [7, 11) is 0. The molecular formula is C20H22ClNO3. The predicted molar refractivity (Wildman–Crippen MR) is 99.6 cm³/mol. The van der Waals surface area contributed by atoms with Crippen molar-refractivity contribution < 1.29 is 14.3 Å². The lowest BCUT2D eigenvalue weighted by Gasteiger charge is -2.26. The molecule has 132 valence electrons. The lowest BCUT2D eigenvalue weighted by atomic mass is 10.0. The van der Waals surface area contributed by atoms with E-state index in [9.17, 15) is 9.59 Å². The molecule has 2 aromatic rings. The topological polar surface area (TPSA) is 46.6 Å². The molecule has 0 saturated heterocycles. The number of aldehydes is 1. The van der Waals surface area contributed by atoms with Crippen molar-refractivity contribution in [3.05, 3.63) is 59.1 Å². The Morgan fingerprint density at radius 2 is 1.84 bits per heavy atom. The molecule has 0 heterocycles. The highest BCUT2D eigenvalue weighted by Crippen LogP contribution is 2.29. The number of hydrogen-bond donors (Lipinski definition) is 0. The standard InChI is InChI=1S/C20H22ClNO3/c1-20(2,3)25-19(24)22(11-12-23)14-15-9-10-17(18(21)13-15)16-7-5-4-6-8-16/h4-10,12-13H,11,14H2,1-3H3. The van der Waals surface area contributed by atoms with Gasteiger partial charge in [0.25, 0.3) is 0 Å². The summed E-state index contributed by atoms with van der Waals surface area (Å²) in [6.45, 7) is 5.58. The van der Waals surface area contributed by atoms with Crippen LogP contribution in [-0.2, 0) is 16.1 Å². The van der Waals surface area contributed by atoms with Crippen molar-refractivity contribution in [2.24, 2.45) is 0 Å². The summed E-state index contributed by atoms with van der Waals surface area (Å²) in [5.41, 5.74) is 2.16. The molecule has 0 aliphatic heterocycles. The van der Waals surface area contributed by atoms with E-state index in [0.29, 0.717) is 11.3 Å². The van der Waals surface area contributed by atoms with Gasteiger partial charge in [-0.1, -0.05) is 54.1 Å². The van der Waals surface area contributed by atoms with Gasteiger partial charge in [0.1, 0.15) is 11.9 Å². The molecule has 25 heavy (non-hydrogen) atoms. The van der Waals surface area contributed by atoms with Crippen molar-refractivity contribution >= 4 is 24.0 Å². The number of nitrogens with zero attached hydrogens (tertiary/aromatic N) is 1. The van der Waals surface area contributed by atoms with Gasteiger partial charge in [-0.25, -0.2) is 4.79 Å². The summed E-state index contributed by atoms with van der Waals surface area (Å²) in [6.07, 6.45) is 0.159. The van der Waals surface area contributed by atoms with Crippen LogP contribution in [0.3, 0.4) is 0 Å². The highest BCUT2D eigenvalue weighted by Gasteiger charge is 2.22. The molecule has 0 atom stereocenters. The zero-order chi connectivity index (χ0) is 18.4. The molecule has 0 radical (unpaired) electrons. The van der Waals surface area contributed by atoms with Gasteiger partial charge < -0.3 is 9.53 Å². The Balaban J connectivity index is 2.18. The van der Waals surface area contributed by atoms with Gasteiger partial charge in [-0.2, -0.15) is 0 Å². The molecule has 0 aromatic heterocycles. The Morgan fingerprint density at radius 3 is 2.40 bits per heavy atom. The number of carbonyl (C=O) groups excluding carboxylic acids is 2. The minimum atomic E-state index is -0.618. The smallest absolute Gasteiger partial charge is 0.410 e. The van der Waals surface area contributed by atoms with E-state index in [1.807, 2.05) is 48.5 Å². The zero-order valence-electron chi connectivity index (χ0n) is 14.7. The van der Waals surface area contributed by atoms with Crippen LogP contribution in [0.1, 0.15) is 26.3 Å². The Bertz CT molecular complexity index is 738. The molecular weight excluding hydrogens is 338 g/mol. The van der Waals surface area contributed by atoms with Gasteiger partial charge >= 0.3 is 6.09 Å². The average molecular weight is 360 g/mol. The van der Waals surface area contributed by atoms with Crippen LogP contribution in [0.15, 0.2) is 48.5 Å². The van der Waals surface area contributed by atoms with Crippen LogP contribution in [-0.4, -0.2) is 29.4 Å². The second kappa shape index (κ2) is 8.17. The number of benzene rings is 2. The number of rotatable bonds is 5. The van der Waals surface area contributed by atoms with Crippen LogP contribution in [0.5, 0.6) is 0 Å². The molecule has 0 spiro atoms. The lowest BCUT2D eigenvalue weighted by Crippen LogP contribution is -2.37. The normalized spacial score (nSPS) is 11.0. The molecule has 2 aromatic carbocycles. The maximum Gasteiger partial charge on any atom is 0.410 e. The van der Waals surface area contributed by atoms with Gasteiger partial charge in [0.2, 0.25) is 0 Å². The van der Waals surface area contributed by atoms with Crippen molar-refractivity contribution in [1.82, 2.24) is 4.90 Å². The molecule has 2 rings (SSSR count). The minimum Gasteiger partial charge on any atom is -0.444 e. The molecule has 0 aliphatic rings. The van der Waals surface area contributed by atoms with Crippen molar-refractivity contribution in [2.75, 3.05) is 6.54 Å². The van der Waals surface area contributed by atoms with Crippen LogP contribution in [0.25, 0.3) is 11.1 Å². The molecule has 0 N–H and O–H groups in total. The number of amides is 1. The third-order valence-corrected chi connectivity index (χ3v) is 3.75. The van der Waals surface area contributed by atoms with E-state index in [1.165, 1.54) is 4.90 Å². The van der Waals surface area contributed by atoms with Crippen LogP contribution in [0.4, 0.5) is 4.79 Å². The van der Waals surface area contributed by atoms with Gasteiger partial charge in [-0.3, -0.25) is 4.90 Å². The van der Waals surface area contributed by atoms with Gasteiger partial charge in [0.15, 0.2) is 0 Å². The highest BCUT2D eigenvalue weighted by atomic mass is 35.5. The number of ether oxygens (including phenoxy) is 1. The molecule has 5 heteroatoms. The Kier molecular flexibility index (Phi) is 6.21. The molecule has 0 saturated carbocycles. The monoisotopic (exact) mass is 359 g/mol. The first-order valence-electron chi connectivity index (χ1n) is 8.05. The van der Waals surface area contributed by atoms with Gasteiger partial charge in [0, 0.05) is 17.1 Å². The van der Waals surface area contributed by atoms with Crippen LogP contribution in [0, 0.1) is 0 Å². The fourth-order valence-electron chi connectivity index (χ4n) is 2.35. The van der Waals surface area contributed by atoms with E-state index in [2.05, 4.69) is 0 Å². The summed E-state index contributed by atoms with van der Waals surface area (Å²) in [6, 6.07) is 15.5. The molecule has 0 unspecified atom stereocenters. The quantitative estimate of drug-likeness (QED) is 0.710. The Morgan fingerprint density at radius 1 is 1.16 bits per heavy atom. The summed E-state index contributed by atoms with van der Waals surface area (Å²) < 4.78 is 5.34. The second-order valence-electron chi connectivity index (χ2n) is 6.71. The predicted octanol–water partition coefficient (Wildman–Crippen LogP) is 4.94. The first-order chi connectivity index (χ1) is 11.8. The average Bonchev–Trinajstić information content (AvgIpc) is 2.54. The summed E-state index contributed by atoms with van der Waals surface area (Å²) in [4.78, 5) is 24.5. The van der Waals surface area contributed by atoms with Crippen molar-refractivity contribution in [1.29, 1.82) is 0 Å². The van der Waals surface area contributed by atoms with E-state index < -0.39 is 11.7 Å². The number of halogens is 1. The maximum absolute atomic E-state index is 12.2. The minimum absolute atomic E-state index is 0.0348. The van der Waals surface area contributed by atoms with Crippen molar-refractivity contribution in [3.8, 4) is 11.1 Å². The van der Waals surface area contributed by atoms with Crippen molar-refractivity contribution in [3.63, 3.8) is 0 Å². The summed E-state index contributed by atoms with van der Waals surface area (Å²) in [5, 5.41) is 0.596. The van der Waals surface area contributed by atoms with E-state index in [0.717, 1.165) is 16.7 Å². The third kappa shape index (κ3) is 5.61. The molecule has 4 nitrogen and oxygen atoms in total. The second-order valence-corrected chi connectivity index (χ2v) is 7.11. The SMILES string of the molecule is CC(C)(C)OC(=O)N(CC=O)Cc1ccc(-c2ccccc2)c(Cl)c1. The van der Waals surface area contributed by atoms with E-state index in [1.54, 1.807) is 20.8 Å². The van der Waals surface area contributed by atoms with Crippen LogP contribution >= 0.6 is 11.6 Å². The fraction of sp³-hybridized carbons (Fsp3) is 0.300. The largest absolute Gasteiger partial charge is 0.444 e. The molecule has 1 amide bonds. The fourth-order valence-corrected chi connectivity index (χ4v) is 2.66. The van der Waals surface area contributed by atoms with Gasteiger partial charge in [-0.15, -0.1) is 0 Å². The molecule has 0 aliphatic carbocycles. The first kappa shape index (κ1) is 19.0. The molecule has 0 fully saturated rings. The van der Waals surface area contributed by atoms with Gasteiger partial charge in [-0.05, 0) is 38.0 Å². The Labute approximate surface area is 153 Å². The summed E-state index contributed by atoms with van der Waals surface area (Å²) >= 11 is 6.41. The first-order valence-corrected chi connectivity index (χ1v) is 8.43. The number of hydrogen-bond acceptors (Lipinski definition) is 3. The van der Waals surface area contributed by atoms with E-state index in [-0.39, 0.29) is 13.1 Å². The zero-order valence-corrected chi connectivity index (χ0v) is 15.4.